The Labute approximate surface area is 183 Å². The minimum Gasteiger partial charge on any atom is -0.358 e. The zero-order valence-electron chi connectivity index (χ0n) is 17.9. The number of hydrogen-bond donors (Lipinski definition) is 0. The molecule has 31 heavy (non-hydrogen) atoms. The predicted octanol–water partition coefficient (Wildman–Crippen LogP) is 4.96. The molecule has 3 aromatic carbocycles. The van der Waals surface area contributed by atoms with E-state index in [4.69, 9.17) is 14.2 Å². The van der Waals surface area contributed by atoms with Crippen LogP contribution < -0.4 is 0 Å². The van der Waals surface area contributed by atoms with Crippen LogP contribution in [0.5, 0.6) is 0 Å². The molecule has 3 unspecified atom stereocenters. The number of carbonyl (C=O) groups is 1. The molecule has 0 aliphatic carbocycles. The number of ether oxygens (including phenoxy) is 3. The summed E-state index contributed by atoms with van der Waals surface area (Å²) in [5, 5.41) is 0. The highest BCUT2D eigenvalue weighted by Gasteiger charge is 2.41. The van der Waals surface area contributed by atoms with Crippen LogP contribution in [0.4, 0.5) is 0 Å². The molecule has 0 saturated carbocycles. The van der Waals surface area contributed by atoms with E-state index in [2.05, 4.69) is 36.4 Å². The molecule has 4 nitrogen and oxygen atoms in total. The summed E-state index contributed by atoms with van der Waals surface area (Å²) in [6.07, 6.45) is -0.663. The lowest BCUT2D eigenvalue weighted by Gasteiger charge is -2.38. The van der Waals surface area contributed by atoms with Gasteiger partial charge in [0.2, 0.25) is 0 Å². The van der Waals surface area contributed by atoms with Gasteiger partial charge in [-0.1, -0.05) is 97.9 Å². The highest BCUT2D eigenvalue weighted by atomic mass is 16.7. The fourth-order valence-corrected chi connectivity index (χ4v) is 4.31. The second kappa shape index (κ2) is 9.56. The molecule has 1 fully saturated rings. The van der Waals surface area contributed by atoms with Gasteiger partial charge in [-0.25, -0.2) is 0 Å². The maximum atomic E-state index is 12.7. The molecular formula is C27H28O4. The van der Waals surface area contributed by atoms with E-state index >= 15 is 0 Å². The normalized spacial score (nSPS) is 21.7. The maximum Gasteiger partial charge on any atom is 0.164 e. The van der Waals surface area contributed by atoms with Gasteiger partial charge in [0.15, 0.2) is 12.1 Å². The first kappa shape index (κ1) is 21.4. The van der Waals surface area contributed by atoms with Crippen molar-refractivity contribution in [1.82, 2.24) is 0 Å². The third-order valence-corrected chi connectivity index (χ3v) is 5.87. The number of carbonyl (C=O) groups excluding carboxylic acids is 1. The van der Waals surface area contributed by atoms with Gasteiger partial charge in [0, 0.05) is 19.4 Å². The van der Waals surface area contributed by atoms with E-state index < -0.39 is 18.0 Å². The topological polar surface area (TPSA) is 44.8 Å². The number of Topliss-reactive ketones (excluding diaryl/α,β-unsaturated/α-hetero) is 1. The first-order valence-corrected chi connectivity index (χ1v) is 10.7. The Kier molecular flexibility index (Phi) is 6.62. The fourth-order valence-electron chi connectivity index (χ4n) is 4.31. The molecule has 0 radical (unpaired) electrons. The summed E-state index contributed by atoms with van der Waals surface area (Å²) in [5.41, 5.74) is 2.10. The van der Waals surface area contributed by atoms with Crippen molar-refractivity contribution >= 4 is 5.78 Å². The number of benzene rings is 3. The quantitative estimate of drug-likeness (QED) is 0.511. The Morgan fingerprint density at radius 2 is 1.29 bits per heavy atom. The first-order valence-electron chi connectivity index (χ1n) is 10.7. The molecule has 1 aliphatic rings. The molecule has 0 amide bonds. The van der Waals surface area contributed by atoms with Crippen molar-refractivity contribution in [2.75, 3.05) is 13.7 Å². The summed E-state index contributed by atoms with van der Waals surface area (Å²) in [4.78, 5) is 12.7. The van der Waals surface area contributed by atoms with Crippen LogP contribution in [0.15, 0.2) is 91.0 Å². The van der Waals surface area contributed by atoms with Crippen LogP contribution in [-0.2, 0) is 24.6 Å². The molecule has 0 spiro atoms. The zero-order chi connectivity index (χ0) is 21.7. The van der Waals surface area contributed by atoms with Crippen LogP contribution in [0.1, 0.15) is 30.0 Å². The van der Waals surface area contributed by atoms with Gasteiger partial charge in [0.25, 0.3) is 0 Å². The molecule has 1 aliphatic heterocycles. The van der Waals surface area contributed by atoms with Crippen LogP contribution in [0.2, 0.25) is 0 Å². The number of hydrogen-bond acceptors (Lipinski definition) is 4. The number of rotatable bonds is 7. The molecule has 0 aromatic heterocycles. The molecule has 4 rings (SSSR count). The predicted molar refractivity (Wildman–Crippen MR) is 120 cm³/mol. The van der Waals surface area contributed by atoms with Gasteiger partial charge in [-0.15, -0.1) is 0 Å². The van der Waals surface area contributed by atoms with Crippen molar-refractivity contribution in [1.29, 1.82) is 0 Å². The highest BCUT2D eigenvalue weighted by molar-refractivity contribution is 5.84. The average molecular weight is 417 g/mol. The standard InChI is InChI=1S/C27H28O4/c1-20-18-24(28)25(31-26(20)29-2)19-30-27(21-12-6-3-7-13-21,22-14-8-4-9-15-22)23-16-10-5-11-17-23/h3-17,20,25-26H,18-19H2,1-2H3. The lowest BCUT2D eigenvalue weighted by atomic mass is 9.80. The van der Waals surface area contributed by atoms with E-state index in [1.165, 1.54) is 0 Å². The van der Waals surface area contributed by atoms with E-state index in [1.807, 2.05) is 61.5 Å². The van der Waals surface area contributed by atoms with E-state index in [0.717, 1.165) is 16.7 Å². The molecular weight excluding hydrogens is 388 g/mol. The highest BCUT2D eigenvalue weighted by Crippen LogP contribution is 2.41. The monoisotopic (exact) mass is 416 g/mol. The minimum absolute atomic E-state index is 0.0240. The maximum absolute atomic E-state index is 12.7. The Balaban J connectivity index is 1.77. The van der Waals surface area contributed by atoms with Crippen molar-refractivity contribution in [3.05, 3.63) is 108 Å². The summed E-state index contributed by atoms with van der Waals surface area (Å²) < 4.78 is 18.1. The second-order valence-electron chi connectivity index (χ2n) is 7.97. The van der Waals surface area contributed by atoms with Crippen LogP contribution in [0.3, 0.4) is 0 Å². The van der Waals surface area contributed by atoms with E-state index in [9.17, 15) is 4.79 Å². The molecule has 1 saturated heterocycles. The molecule has 3 atom stereocenters. The third-order valence-electron chi connectivity index (χ3n) is 5.87. The summed E-state index contributed by atoms with van der Waals surface area (Å²) in [6, 6.07) is 30.3. The lowest BCUT2D eigenvalue weighted by molar-refractivity contribution is -0.216. The van der Waals surface area contributed by atoms with Crippen molar-refractivity contribution in [2.45, 2.75) is 31.3 Å². The third kappa shape index (κ3) is 4.33. The lowest BCUT2D eigenvalue weighted by Crippen LogP contribution is -2.46. The van der Waals surface area contributed by atoms with Crippen LogP contribution >= 0.6 is 0 Å². The van der Waals surface area contributed by atoms with Gasteiger partial charge < -0.3 is 14.2 Å². The Bertz CT molecular complexity index is 875. The second-order valence-corrected chi connectivity index (χ2v) is 7.97. The average Bonchev–Trinajstić information content (AvgIpc) is 2.83. The number of ketones is 1. The summed E-state index contributed by atoms with van der Waals surface area (Å²) >= 11 is 0. The van der Waals surface area contributed by atoms with E-state index in [-0.39, 0.29) is 18.3 Å². The van der Waals surface area contributed by atoms with Gasteiger partial charge in [0.1, 0.15) is 11.7 Å². The SMILES string of the molecule is COC1OC(COC(c2ccccc2)(c2ccccc2)c2ccccc2)C(=O)CC1C. The summed E-state index contributed by atoms with van der Waals surface area (Å²) in [5.74, 6) is 0.0692. The Morgan fingerprint density at radius 1 is 0.839 bits per heavy atom. The van der Waals surface area contributed by atoms with Crippen LogP contribution in [0.25, 0.3) is 0 Å². The van der Waals surface area contributed by atoms with Gasteiger partial charge in [-0.3, -0.25) is 4.79 Å². The van der Waals surface area contributed by atoms with Crippen molar-refractivity contribution in [3.8, 4) is 0 Å². The first-order chi connectivity index (χ1) is 15.1. The fraction of sp³-hybridized carbons (Fsp3) is 0.296. The zero-order valence-corrected chi connectivity index (χ0v) is 17.9. The molecule has 160 valence electrons. The molecule has 4 heteroatoms. The van der Waals surface area contributed by atoms with Crippen molar-refractivity contribution in [3.63, 3.8) is 0 Å². The van der Waals surface area contributed by atoms with Crippen molar-refractivity contribution in [2.24, 2.45) is 5.92 Å². The molecule has 0 bridgehead atoms. The summed E-state index contributed by atoms with van der Waals surface area (Å²) in [7, 11) is 1.61. The minimum atomic E-state index is -0.876. The molecule has 1 heterocycles. The van der Waals surface area contributed by atoms with E-state index in [0.29, 0.717) is 6.42 Å². The van der Waals surface area contributed by atoms with Gasteiger partial charge in [0.05, 0.1) is 6.61 Å². The largest absolute Gasteiger partial charge is 0.358 e. The Hall–Kier alpha value is -2.79. The molecule has 0 N–H and O–H groups in total. The van der Waals surface area contributed by atoms with Crippen LogP contribution in [0, 0.1) is 5.92 Å². The van der Waals surface area contributed by atoms with E-state index in [1.54, 1.807) is 7.11 Å². The van der Waals surface area contributed by atoms with Gasteiger partial charge >= 0.3 is 0 Å². The molecule has 3 aromatic rings. The Morgan fingerprint density at radius 3 is 1.71 bits per heavy atom. The van der Waals surface area contributed by atoms with Gasteiger partial charge in [-0.05, 0) is 16.7 Å². The smallest absolute Gasteiger partial charge is 0.164 e. The number of methoxy groups -OCH3 is 1. The summed E-state index contributed by atoms with van der Waals surface area (Å²) in [6.45, 7) is 2.09. The van der Waals surface area contributed by atoms with Crippen molar-refractivity contribution < 1.29 is 19.0 Å². The van der Waals surface area contributed by atoms with Crippen LogP contribution in [-0.4, -0.2) is 31.9 Å². The van der Waals surface area contributed by atoms with Gasteiger partial charge in [-0.2, -0.15) is 0 Å².